The quantitative estimate of drug-likeness (QED) is 0.684. The highest BCUT2D eigenvalue weighted by atomic mass is 35.5. The van der Waals surface area contributed by atoms with Crippen molar-refractivity contribution in [3.05, 3.63) is 89.0 Å². The van der Waals surface area contributed by atoms with Crippen molar-refractivity contribution < 1.29 is 9.18 Å². The molecule has 0 unspecified atom stereocenters. The van der Waals surface area contributed by atoms with Crippen molar-refractivity contribution in [2.45, 2.75) is 12.6 Å². The average Bonchev–Trinajstić information content (AvgIpc) is 3.10. The van der Waals surface area contributed by atoms with Gasteiger partial charge < -0.3 is 14.8 Å². The van der Waals surface area contributed by atoms with Gasteiger partial charge in [0.1, 0.15) is 11.9 Å². The van der Waals surface area contributed by atoms with Gasteiger partial charge in [0.25, 0.3) is 0 Å². The number of nitrogens with one attached hydrogen (secondary N) is 1. The van der Waals surface area contributed by atoms with Crippen LogP contribution in [0.3, 0.4) is 0 Å². The van der Waals surface area contributed by atoms with Crippen LogP contribution in [0.15, 0.2) is 66.9 Å². The van der Waals surface area contributed by atoms with Crippen molar-refractivity contribution >= 4 is 23.3 Å². The minimum atomic E-state index is -0.487. The van der Waals surface area contributed by atoms with Gasteiger partial charge in [-0.25, -0.2) is 9.18 Å². The third kappa shape index (κ3) is 3.06. The van der Waals surface area contributed by atoms with E-state index in [-0.39, 0.29) is 11.8 Å². The lowest BCUT2D eigenvalue weighted by Gasteiger charge is -2.37. The zero-order valence-corrected chi connectivity index (χ0v) is 14.7. The first kappa shape index (κ1) is 16.7. The molecule has 0 saturated carbocycles. The molecule has 26 heavy (non-hydrogen) atoms. The van der Waals surface area contributed by atoms with Gasteiger partial charge in [0.05, 0.1) is 0 Å². The minimum Gasteiger partial charge on any atom is -0.348 e. The normalized spacial score (nSPS) is 16.2. The van der Waals surface area contributed by atoms with Crippen LogP contribution in [0.1, 0.15) is 17.3 Å². The van der Waals surface area contributed by atoms with E-state index in [2.05, 4.69) is 9.88 Å². The molecule has 132 valence electrons. The topological polar surface area (TPSA) is 37.3 Å². The van der Waals surface area contributed by atoms with Crippen molar-refractivity contribution in [1.29, 1.82) is 0 Å². The Morgan fingerprint density at radius 2 is 1.92 bits per heavy atom. The van der Waals surface area contributed by atoms with E-state index in [1.165, 1.54) is 6.07 Å². The monoisotopic (exact) mass is 369 g/mol. The Hall–Kier alpha value is -2.79. The average molecular weight is 370 g/mol. The number of urea groups is 1. The Kier molecular flexibility index (Phi) is 4.39. The van der Waals surface area contributed by atoms with E-state index in [0.29, 0.717) is 29.4 Å². The Balaban J connectivity index is 1.70. The fourth-order valence-electron chi connectivity index (χ4n) is 3.39. The van der Waals surface area contributed by atoms with E-state index in [4.69, 9.17) is 11.6 Å². The van der Waals surface area contributed by atoms with Gasteiger partial charge in [0.2, 0.25) is 0 Å². The summed E-state index contributed by atoms with van der Waals surface area (Å²) >= 11 is 5.99. The zero-order chi connectivity index (χ0) is 18.1. The smallest absolute Gasteiger partial charge is 0.322 e. The van der Waals surface area contributed by atoms with E-state index >= 15 is 0 Å². The number of halogens is 2. The van der Waals surface area contributed by atoms with Crippen LogP contribution in [-0.2, 0) is 6.54 Å². The Labute approximate surface area is 155 Å². The number of anilines is 1. The number of carbonyl (C=O) groups excluding carboxylic acids is 1. The summed E-state index contributed by atoms with van der Waals surface area (Å²) in [7, 11) is 0. The van der Waals surface area contributed by atoms with Crippen LogP contribution < -0.4 is 5.32 Å². The number of benzene rings is 2. The highest BCUT2D eigenvalue weighted by Gasteiger charge is 2.33. The minimum absolute atomic E-state index is 0.284. The van der Waals surface area contributed by atoms with Gasteiger partial charge in [-0.1, -0.05) is 35.9 Å². The maximum Gasteiger partial charge on any atom is 0.322 e. The fourth-order valence-corrected chi connectivity index (χ4v) is 3.58. The molecule has 2 heterocycles. The largest absolute Gasteiger partial charge is 0.348 e. The molecule has 1 atom stereocenters. The predicted molar refractivity (Wildman–Crippen MR) is 99.9 cm³/mol. The molecule has 4 nitrogen and oxygen atoms in total. The molecule has 0 bridgehead atoms. The summed E-state index contributed by atoms with van der Waals surface area (Å²) in [6.45, 7) is 1.14. The number of hydrogen-bond acceptors (Lipinski definition) is 1. The third-order valence-corrected chi connectivity index (χ3v) is 4.81. The van der Waals surface area contributed by atoms with Gasteiger partial charge >= 0.3 is 6.03 Å². The SMILES string of the molecule is O=C(Nc1cccc(Cl)c1)N1CCn2cccc2[C@H]1c1ccccc1F. The van der Waals surface area contributed by atoms with Crippen LogP contribution in [0, 0.1) is 5.82 Å². The summed E-state index contributed by atoms with van der Waals surface area (Å²) in [5.74, 6) is -0.326. The number of carbonyl (C=O) groups is 1. The molecule has 0 aliphatic carbocycles. The van der Waals surface area contributed by atoms with Crippen molar-refractivity contribution in [2.24, 2.45) is 0 Å². The maximum absolute atomic E-state index is 14.5. The van der Waals surface area contributed by atoms with Crippen molar-refractivity contribution in [2.75, 3.05) is 11.9 Å². The first-order chi connectivity index (χ1) is 12.6. The third-order valence-electron chi connectivity index (χ3n) is 4.57. The van der Waals surface area contributed by atoms with E-state index < -0.39 is 6.04 Å². The second-order valence-electron chi connectivity index (χ2n) is 6.18. The van der Waals surface area contributed by atoms with Crippen molar-refractivity contribution in [3.63, 3.8) is 0 Å². The molecular formula is C20H17ClFN3O. The first-order valence-corrected chi connectivity index (χ1v) is 8.74. The summed E-state index contributed by atoms with van der Waals surface area (Å²) in [6.07, 6.45) is 1.95. The Morgan fingerprint density at radius 1 is 1.08 bits per heavy atom. The van der Waals surface area contributed by atoms with Crippen LogP contribution in [0.4, 0.5) is 14.9 Å². The number of aromatic nitrogens is 1. The van der Waals surface area contributed by atoms with E-state index in [0.717, 1.165) is 5.69 Å². The lowest BCUT2D eigenvalue weighted by Crippen LogP contribution is -2.44. The van der Waals surface area contributed by atoms with Gasteiger partial charge in [0.15, 0.2) is 0 Å². The first-order valence-electron chi connectivity index (χ1n) is 8.36. The van der Waals surface area contributed by atoms with E-state index in [1.54, 1.807) is 47.4 Å². The molecule has 1 aromatic heterocycles. The second kappa shape index (κ2) is 6.84. The molecule has 0 saturated heterocycles. The number of nitrogens with zero attached hydrogens (tertiary/aromatic N) is 2. The Morgan fingerprint density at radius 3 is 2.73 bits per heavy atom. The highest BCUT2D eigenvalue weighted by molar-refractivity contribution is 6.30. The number of fused-ring (bicyclic) bond motifs is 1. The molecule has 0 spiro atoms. The van der Waals surface area contributed by atoms with Crippen LogP contribution >= 0.6 is 11.6 Å². The molecule has 0 fully saturated rings. The molecule has 1 aliphatic rings. The number of rotatable bonds is 2. The summed E-state index contributed by atoms with van der Waals surface area (Å²) < 4.78 is 16.6. The summed E-state index contributed by atoms with van der Waals surface area (Å²) in [6, 6.07) is 16.6. The predicted octanol–water partition coefficient (Wildman–Crippen LogP) is 4.92. The van der Waals surface area contributed by atoms with Gasteiger partial charge in [0, 0.05) is 41.3 Å². The van der Waals surface area contributed by atoms with Crippen LogP contribution in [0.5, 0.6) is 0 Å². The van der Waals surface area contributed by atoms with Crippen molar-refractivity contribution in [3.8, 4) is 0 Å². The van der Waals surface area contributed by atoms with Gasteiger partial charge in [-0.15, -0.1) is 0 Å². The number of hydrogen-bond donors (Lipinski definition) is 1. The molecule has 6 heteroatoms. The molecular weight excluding hydrogens is 353 g/mol. The molecule has 3 aromatic rings. The zero-order valence-electron chi connectivity index (χ0n) is 13.9. The molecule has 1 N–H and O–H groups in total. The van der Waals surface area contributed by atoms with Crippen LogP contribution in [0.2, 0.25) is 5.02 Å². The molecule has 2 aromatic carbocycles. The van der Waals surface area contributed by atoms with E-state index in [1.807, 2.05) is 18.3 Å². The van der Waals surface area contributed by atoms with Gasteiger partial charge in [-0.3, -0.25) is 0 Å². The summed E-state index contributed by atoms with van der Waals surface area (Å²) in [5.41, 5.74) is 1.98. The van der Waals surface area contributed by atoms with Gasteiger partial charge in [-0.2, -0.15) is 0 Å². The highest BCUT2D eigenvalue weighted by Crippen LogP contribution is 2.34. The van der Waals surface area contributed by atoms with Gasteiger partial charge in [-0.05, 0) is 36.4 Å². The molecule has 0 radical (unpaired) electrons. The van der Waals surface area contributed by atoms with Crippen LogP contribution in [0.25, 0.3) is 0 Å². The lowest BCUT2D eigenvalue weighted by molar-refractivity contribution is 0.180. The molecule has 2 amide bonds. The Bertz CT molecular complexity index is 955. The number of amides is 2. The van der Waals surface area contributed by atoms with E-state index in [9.17, 15) is 9.18 Å². The molecule has 1 aliphatic heterocycles. The lowest BCUT2D eigenvalue weighted by atomic mass is 9.99. The van der Waals surface area contributed by atoms with Crippen LogP contribution in [-0.4, -0.2) is 22.0 Å². The summed E-state index contributed by atoms with van der Waals surface area (Å²) in [4.78, 5) is 14.6. The summed E-state index contributed by atoms with van der Waals surface area (Å²) in [5, 5.41) is 3.41. The fraction of sp³-hybridized carbons (Fsp3) is 0.150. The second-order valence-corrected chi connectivity index (χ2v) is 6.62. The molecule has 4 rings (SSSR count). The van der Waals surface area contributed by atoms with Crippen molar-refractivity contribution in [1.82, 2.24) is 9.47 Å². The maximum atomic E-state index is 14.5. The standard InChI is InChI=1S/C20H17ClFN3O/c21-14-5-3-6-15(13-14)23-20(26)25-12-11-24-10-4-9-18(24)19(25)16-7-1-2-8-17(16)22/h1-10,13,19H,11-12H2,(H,23,26)/t19-/m1/s1.